The fourth-order valence-electron chi connectivity index (χ4n) is 3.04. The Morgan fingerprint density at radius 3 is 2.81 bits per heavy atom. The predicted molar refractivity (Wildman–Crippen MR) is 101 cm³/mol. The zero-order valence-electron chi connectivity index (χ0n) is 14.8. The molecule has 0 aliphatic heterocycles. The Hall–Kier alpha value is -2.24. The minimum absolute atomic E-state index is 0.390. The van der Waals surface area contributed by atoms with Crippen LogP contribution in [0.3, 0.4) is 0 Å². The molecule has 0 aromatic carbocycles. The highest BCUT2D eigenvalue weighted by Gasteiger charge is 2.25. The number of nitriles is 1. The Morgan fingerprint density at radius 2 is 2.15 bits per heavy atom. The Morgan fingerprint density at radius 1 is 1.38 bits per heavy atom. The van der Waals surface area contributed by atoms with E-state index in [0.29, 0.717) is 27.1 Å². The lowest BCUT2D eigenvalue weighted by Gasteiger charge is -2.17. The number of aromatic nitrogens is 1. The third-order valence-corrected chi connectivity index (χ3v) is 6.52. The largest absolute Gasteiger partial charge is 0.451 e. The van der Waals surface area contributed by atoms with Crippen molar-refractivity contribution in [3.8, 4) is 6.07 Å². The zero-order chi connectivity index (χ0) is 18.8. The maximum Gasteiger partial charge on any atom is 0.350 e. The number of hydrogen-bond donors (Lipinski definition) is 1. The van der Waals surface area contributed by atoms with Crippen molar-refractivity contribution in [2.75, 3.05) is 11.9 Å². The van der Waals surface area contributed by atoms with Crippen LogP contribution in [0.15, 0.2) is 0 Å². The molecule has 1 atom stereocenters. The summed E-state index contributed by atoms with van der Waals surface area (Å²) in [5.74, 6) is -0.410. The molecule has 0 unspecified atom stereocenters. The molecule has 0 bridgehead atoms. The SMILES string of the molecule is Cc1nc(C)c(C(=O)OCC(=O)Nc2sc3c(c2C#N)CC[C@@H](C)C3)s1. The van der Waals surface area contributed by atoms with E-state index in [-0.39, 0.29) is 6.61 Å². The summed E-state index contributed by atoms with van der Waals surface area (Å²) in [5.41, 5.74) is 2.20. The number of carbonyl (C=O) groups is 2. The molecule has 3 rings (SSSR count). The first-order chi connectivity index (χ1) is 12.4. The molecular formula is C18H19N3O3S2. The summed E-state index contributed by atoms with van der Waals surface area (Å²) in [6, 6.07) is 2.21. The molecule has 0 fully saturated rings. The van der Waals surface area contributed by atoms with Gasteiger partial charge in [-0.2, -0.15) is 5.26 Å². The molecule has 1 N–H and O–H groups in total. The summed E-state index contributed by atoms with van der Waals surface area (Å²) in [5, 5.41) is 13.5. The number of anilines is 1. The lowest BCUT2D eigenvalue weighted by Crippen LogP contribution is -2.20. The molecule has 26 heavy (non-hydrogen) atoms. The normalized spacial score (nSPS) is 15.8. The van der Waals surface area contributed by atoms with E-state index in [1.54, 1.807) is 6.92 Å². The van der Waals surface area contributed by atoms with E-state index in [2.05, 4.69) is 23.3 Å². The lowest BCUT2D eigenvalue weighted by atomic mass is 9.89. The van der Waals surface area contributed by atoms with Crippen LogP contribution in [0.2, 0.25) is 0 Å². The van der Waals surface area contributed by atoms with Crippen LogP contribution in [0.4, 0.5) is 5.00 Å². The molecular weight excluding hydrogens is 370 g/mol. The van der Waals surface area contributed by atoms with Gasteiger partial charge in [-0.15, -0.1) is 22.7 Å². The van der Waals surface area contributed by atoms with Gasteiger partial charge < -0.3 is 10.1 Å². The third kappa shape index (κ3) is 3.79. The van der Waals surface area contributed by atoms with Crippen molar-refractivity contribution in [2.45, 2.75) is 40.0 Å². The third-order valence-electron chi connectivity index (χ3n) is 4.30. The number of thiazole rings is 1. The number of aryl methyl sites for hydroxylation is 2. The van der Waals surface area contributed by atoms with Crippen LogP contribution in [0.5, 0.6) is 0 Å². The Bertz CT molecular complexity index is 908. The first-order valence-electron chi connectivity index (χ1n) is 8.34. The van der Waals surface area contributed by atoms with Crippen molar-refractivity contribution in [2.24, 2.45) is 5.92 Å². The number of rotatable bonds is 4. The van der Waals surface area contributed by atoms with Crippen LogP contribution in [-0.4, -0.2) is 23.5 Å². The van der Waals surface area contributed by atoms with E-state index in [1.807, 2.05) is 6.92 Å². The summed E-state index contributed by atoms with van der Waals surface area (Å²) in [6.07, 6.45) is 2.85. The van der Waals surface area contributed by atoms with Crippen LogP contribution in [0.25, 0.3) is 0 Å². The zero-order valence-corrected chi connectivity index (χ0v) is 16.5. The monoisotopic (exact) mass is 389 g/mol. The van der Waals surface area contributed by atoms with Gasteiger partial charge in [0.2, 0.25) is 0 Å². The maximum atomic E-state index is 12.2. The van der Waals surface area contributed by atoms with Gasteiger partial charge in [-0.25, -0.2) is 9.78 Å². The van der Waals surface area contributed by atoms with Gasteiger partial charge in [0.05, 0.1) is 16.3 Å². The second kappa shape index (κ2) is 7.56. The number of nitrogens with zero attached hydrogens (tertiary/aromatic N) is 2. The summed E-state index contributed by atoms with van der Waals surface area (Å²) < 4.78 is 5.09. The van der Waals surface area contributed by atoms with E-state index in [0.717, 1.165) is 29.8 Å². The molecule has 6 nitrogen and oxygen atoms in total. The van der Waals surface area contributed by atoms with E-state index >= 15 is 0 Å². The highest BCUT2D eigenvalue weighted by molar-refractivity contribution is 7.16. The average Bonchev–Trinajstić information content (AvgIpc) is 3.10. The van der Waals surface area contributed by atoms with Gasteiger partial charge in [-0.1, -0.05) is 6.92 Å². The van der Waals surface area contributed by atoms with Crippen LogP contribution >= 0.6 is 22.7 Å². The molecule has 0 spiro atoms. The molecule has 2 aromatic heterocycles. The Labute approximate surface area is 159 Å². The summed E-state index contributed by atoms with van der Waals surface area (Å²) in [6.45, 7) is 5.34. The summed E-state index contributed by atoms with van der Waals surface area (Å²) >= 11 is 2.70. The molecule has 1 aliphatic carbocycles. The molecule has 2 heterocycles. The fourth-order valence-corrected chi connectivity index (χ4v) is 5.23. The van der Waals surface area contributed by atoms with Crippen LogP contribution < -0.4 is 5.32 Å². The number of thiophene rings is 1. The Balaban J connectivity index is 1.65. The predicted octanol–water partition coefficient (Wildman–Crippen LogP) is 3.61. The van der Waals surface area contributed by atoms with Crippen molar-refractivity contribution in [3.63, 3.8) is 0 Å². The van der Waals surface area contributed by atoms with Crippen LogP contribution in [0, 0.1) is 31.1 Å². The standard InChI is InChI=1S/C18H19N3O3S2/c1-9-4-5-12-13(7-19)17(26-14(12)6-9)21-15(22)8-24-18(23)16-10(2)20-11(3)25-16/h9H,4-6,8H2,1-3H3,(H,21,22)/t9-/m1/s1. The molecule has 0 radical (unpaired) electrons. The molecule has 8 heteroatoms. The van der Waals surface area contributed by atoms with Gasteiger partial charge in [0.1, 0.15) is 15.9 Å². The quantitative estimate of drug-likeness (QED) is 0.807. The molecule has 2 aromatic rings. The molecule has 136 valence electrons. The first-order valence-corrected chi connectivity index (χ1v) is 9.98. The number of ether oxygens (including phenoxy) is 1. The van der Waals surface area contributed by atoms with E-state index in [1.165, 1.54) is 27.6 Å². The minimum Gasteiger partial charge on any atom is -0.451 e. The second-order valence-electron chi connectivity index (χ2n) is 6.44. The molecule has 1 aliphatic rings. The van der Waals surface area contributed by atoms with Gasteiger partial charge in [0, 0.05) is 4.88 Å². The molecule has 0 saturated heterocycles. The van der Waals surface area contributed by atoms with Gasteiger partial charge in [-0.3, -0.25) is 4.79 Å². The van der Waals surface area contributed by atoms with Crippen molar-refractivity contribution < 1.29 is 14.3 Å². The van der Waals surface area contributed by atoms with Crippen LogP contribution in [0.1, 0.15) is 49.7 Å². The Kier molecular flexibility index (Phi) is 5.39. The number of esters is 1. The van der Waals surface area contributed by atoms with Gasteiger partial charge >= 0.3 is 5.97 Å². The molecule has 1 amide bonds. The first kappa shape index (κ1) is 18.5. The number of amides is 1. The molecule has 0 saturated carbocycles. The van der Waals surface area contributed by atoms with Crippen molar-refractivity contribution in [1.82, 2.24) is 4.98 Å². The summed E-state index contributed by atoms with van der Waals surface area (Å²) in [4.78, 5) is 30.0. The van der Waals surface area contributed by atoms with Crippen molar-refractivity contribution >= 4 is 39.6 Å². The maximum absolute atomic E-state index is 12.2. The van der Waals surface area contributed by atoms with Gasteiger partial charge in [0.15, 0.2) is 6.61 Å². The number of fused-ring (bicyclic) bond motifs is 1. The topological polar surface area (TPSA) is 92.1 Å². The van der Waals surface area contributed by atoms with E-state index < -0.39 is 11.9 Å². The van der Waals surface area contributed by atoms with Gasteiger partial charge in [-0.05, 0) is 44.6 Å². The van der Waals surface area contributed by atoms with Crippen molar-refractivity contribution in [3.05, 3.63) is 31.6 Å². The average molecular weight is 390 g/mol. The van der Waals surface area contributed by atoms with Gasteiger partial charge in [0.25, 0.3) is 5.91 Å². The number of carbonyl (C=O) groups excluding carboxylic acids is 2. The second-order valence-corrected chi connectivity index (χ2v) is 8.75. The van der Waals surface area contributed by atoms with Crippen LogP contribution in [-0.2, 0) is 22.4 Å². The van der Waals surface area contributed by atoms with Crippen molar-refractivity contribution in [1.29, 1.82) is 5.26 Å². The van der Waals surface area contributed by atoms with E-state index in [4.69, 9.17) is 4.74 Å². The summed E-state index contributed by atoms with van der Waals surface area (Å²) in [7, 11) is 0. The smallest absolute Gasteiger partial charge is 0.350 e. The lowest BCUT2D eigenvalue weighted by molar-refractivity contribution is -0.119. The fraction of sp³-hybridized carbons (Fsp3) is 0.444. The highest BCUT2D eigenvalue weighted by Crippen LogP contribution is 2.39. The number of hydrogen-bond acceptors (Lipinski definition) is 7. The number of nitrogens with one attached hydrogen (secondary N) is 1. The van der Waals surface area contributed by atoms with E-state index in [9.17, 15) is 14.9 Å². The minimum atomic E-state index is -0.553. The highest BCUT2D eigenvalue weighted by atomic mass is 32.1.